The molecule has 0 N–H and O–H groups in total. The monoisotopic (exact) mass is 266 g/mol. The van der Waals surface area contributed by atoms with Crippen LogP contribution in [0.1, 0.15) is 16.1 Å². The van der Waals surface area contributed by atoms with Crippen molar-refractivity contribution in [3.8, 4) is 17.1 Å². The second kappa shape index (κ2) is 4.81. The zero-order chi connectivity index (χ0) is 14.1. The van der Waals surface area contributed by atoms with Gasteiger partial charge >= 0.3 is 0 Å². The number of ether oxygens (including phenoxy) is 1. The number of rotatable bonds is 3. The molecule has 4 heteroatoms. The van der Waals surface area contributed by atoms with E-state index < -0.39 is 0 Å². The Morgan fingerprint density at radius 1 is 1.20 bits per heavy atom. The number of aromatic nitrogens is 2. The molecule has 0 radical (unpaired) electrons. The van der Waals surface area contributed by atoms with Gasteiger partial charge in [-0.25, -0.2) is 4.98 Å². The molecule has 100 valence electrons. The van der Waals surface area contributed by atoms with Gasteiger partial charge in [-0.1, -0.05) is 0 Å². The van der Waals surface area contributed by atoms with Crippen molar-refractivity contribution >= 4 is 11.8 Å². The highest BCUT2D eigenvalue weighted by atomic mass is 16.5. The van der Waals surface area contributed by atoms with Gasteiger partial charge in [0.25, 0.3) is 0 Å². The molecule has 0 aliphatic rings. The number of carbonyl (C=O) groups excluding carboxylic acids is 1. The molecule has 0 amide bonds. The van der Waals surface area contributed by atoms with E-state index in [0.29, 0.717) is 5.69 Å². The number of hydrogen-bond donors (Lipinski definition) is 0. The van der Waals surface area contributed by atoms with Gasteiger partial charge < -0.3 is 4.74 Å². The van der Waals surface area contributed by atoms with E-state index in [-0.39, 0.29) is 0 Å². The van der Waals surface area contributed by atoms with Gasteiger partial charge in [-0.3, -0.25) is 9.20 Å². The third-order valence-corrected chi connectivity index (χ3v) is 3.29. The second-order valence-corrected chi connectivity index (χ2v) is 4.63. The fraction of sp³-hybridized carbons (Fsp3) is 0.125. The Morgan fingerprint density at radius 2 is 1.95 bits per heavy atom. The maximum Gasteiger partial charge on any atom is 0.170 e. The van der Waals surface area contributed by atoms with Crippen LogP contribution in [0.4, 0.5) is 0 Å². The quantitative estimate of drug-likeness (QED) is 0.684. The highest BCUT2D eigenvalue weighted by Gasteiger charge is 2.12. The van der Waals surface area contributed by atoms with E-state index in [2.05, 4.69) is 4.98 Å². The van der Waals surface area contributed by atoms with E-state index in [1.54, 1.807) is 7.11 Å². The third-order valence-electron chi connectivity index (χ3n) is 3.29. The molecule has 0 bridgehead atoms. The van der Waals surface area contributed by atoms with Gasteiger partial charge in [-0.15, -0.1) is 0 Å². The molecule has 2 heterocycles. The normalized spacial score (nSPS) is 10.7. The molecule has 2 aromatic heterocycles. The number of pyridine rings is 1. The summed E-state index contributed by atoms with van der Waals surface area (Å²) in [6.45, 7) is 1.99. The fourth-order valence-electron chi connectivity index (χ4n) is 2.24. The molecule has 0 fully saturated rings. The maximum atomic E-state index is 11.2. The molecular formula is C16H14N2O2. The first-order valence-electron chi connectivity index (χ1n) is 6.31. The van der Waals surface area contributed by atoms with E-state index in [0.717, 1.165) is 34.5 Å². The summed E-state index contributed by atoms with van der Waals surface area (Å²) in [6.07, 6.45) is 2.73. The summed E-state index contributed by atoms with van der Waals surface area (Å²) in [7, 11) is 1.63. The first kappa shape index (κ1) is 12.4. The lowest BCUT2D eigenvalue weighted by Crippen LogP contribution is -1.90. The standard InChI is InChI=1S/C16H14N2O2/c1-11-7-8-18-15(9-11)14(10-19)17-16(18)12-3-5-13(20-2)6-4-12/h3-10H,1-2H3. The van der Waals surface area contributed by atoms with E-state index in [1.807, 2.05) is 53.9 Å². The Hall–Kier alpha value is -2.62. The molecule has 0 unspecified atom stereocenters. The predicted molar refractivity (Wildman–Crippen MR) is 77.3 cm³/mol. The van der Waals surface area contributed by atoms with Crippen LogP contribution in [0.5, 0.6) is 5.75 Å². The number of benzene rings is 1. The molecule has 0 aliphatic carbocycles. The Balaban J connectivity index is 2.22. The molecule has 20 heavy (non-hydrogen) atoms. The molecule has 1 aromatic carbocycles. The first-order chi connectivity index (χ1) is 9.72. The van der Waals surface area contributed by atoms with Gasteiger partial charge in [0.2, 0.25) is 0 Å². The van der Waals surface area contributed by atoms with Crippen molar-refractivity contribution in [3.63, 3.8) is 0 Å². The summed E-state index contributed by atoms with van der Waals surface area (Å²) >= 11 is 0. The van der Waals surface area contributed by atoms with Crippen molar-refractivity contribution < 1.29 is 9.53 Å². The van der Waals surface area contributed by atoms with Crippen molar-refractivity contribution in [2.75, 3.05) is 7.11 Å². The lowest BCUT2D eigenvalue weighted by Gasteiger charge is -2.03. The van der Waals surface area contributed by atoms with Gasteiger partial charge in [0.1, 0.15) is 17.3 Å². The lowest BCUT2D eigenvalue weighted by atomic mass is 10.2. The first-order valence-corrected chi connectivity index (χ1v) is 6.31. The summed E-state index contributed by atoms with van der Waals surface area (Å²) in [5.74, 6) is 1.55. The maximum absolute atomic E-state index is 11.2. The third kappa shape index (κ3) is 1.95. The zero-order valence-corrected chi connectivity index (χ0v) is 11.3. The summed E-state index contributed by atoms with van der Waals surface area (Å²) in [6, 6.07) is 11.6. The number of hydrogen-bond acceptors (Lipinski definition) is 3. The highest BCUT2D eigenvalue weighted by molar-refractivity contribution is 5.86. The Morgan fingerprint density at radius 3 is 2.60 bits per heavy atom. The van der Waals surface area contributed by atoms with Crippen molar-refractivity contribution in [2.45, 2.75) is 6.92 Å². The van der Waals surface area contributed by atoms with Gasteiger partial charge in [-0.2, -0.15) is 0 Å². The summed E-state index contributed by atoms with van der Waals surface area (Å²) in [5, 5.41) is 0. The van der Waals surface area contributed by atoms with Crippen LogP contribution in [0.3, 0.4) is 0 Å². The average Bonchev–Trinajstić information content (AvgIpc) is 2.85. The summed E-state index contributed by atoms with van der Waals surface area (Å²) < 4.78 is 7.08. The van der Waals surface area contributed by atoms with Crippen LogP contribution in [-0.4, -0.2) is 22.8 Å². The van der Waals surface area contributed by atoms with Crippen molar-refractivity contribution in [1.29, 1.82) is 0 Å². The van der Waals surface area contributed by atoms with Crippen LogP contribution in [0.25, 0.3) is 16.9 Å². The van der Waals surface area contributed by atoms with Gasteiger partial charge in [0.15, 0.2) is 6.29 Å². The minimum absolute atomic E-state index is 0.458. The van der Waals surface area contributed by atoms with Crippen LogP contribution in [0.15, 0.2) is 42.6 Å². The van der Waals surface area contributed by atoms with Crippen molar-refractivity contribution in [3.05, 3.63) is 53.9 Å². The average molecular weight is 266 g/mol. The van der Waals surface area contributed by atoms with Crippen LogP contribution >= 0.6 is 0 Å². The topological polar surface area (TPSA) is 43.6 Å². The molecule has 3 rings (SSSR count). The Kier molecular flexibility index (Phi) is 2.99. The molecule has 0 saturated carbocycles. The molecule has 0 atom stereocenters. The number of aldehydes is 1. The Labute approximate surface area is 116 Å². The highest BCUT2D eigenvalue weighted by Crippen LogP contribution is 2.24. The summed E-state index contributed by atoms with van der Waals surface area (Å²) in [4.78, 5) is 15.6. The van der Waals surface area contributed by atoms with Gasteiger partial charge in [-0.05, 0) is 48.9 Å². The smallest absolute Gasteiger partial charge is 0.170 e. The largest absolute Gasteiger partial charge is 0.497 e. The minimum Gasteiger partial charge on any atom is -0.497 e. The number of imidazole rings is 1. The lowest BCUT2D eigenvalue weighted by molar-refractivity contribution is 0.112. The van der Waals surface area contributed by atoms with Crippen LogP contribution in [0, 0.1) is 6.92 Å². The SMILES string of the molecule is COc1ccc(-c2nc(C=O)c3cc(C)ccn23)cc1. The number of fused-ring (bicyclic) bond motifs is 1. The van der Waals surface area contributed by atoms with Crippen molar-refractivity contribution in [2.24, 2.45) is 0 Å². The number of nitrogens with zero attached hydrogens (tertiary/aromatic N) is 2. The molecule has 0 saturated heterocycles. The number of carbonyl (C=O) groups is 1. The van der Waals surface area contributed by atoms with Crippen LogP contribution < -0.4 is 4.74 Å². The number of aryl methyl sites for hydroxylation is 1. The van der Waals surface area contributed by atoms with Gasteiger partial charge in [0, 0.05) is 11.8 Å². The van der Waals surface area contributed by atoms with Crippen molar-refractivity contribution in [1.82, 2.24) is 9.38 Å². The molecule has 4 nitrogen and oxygen atoms in total. The molecule has 0 spiro atoms. The predicted octanol–water partition coefficient (Wildman–Crippen LogP) is 3.13. The molecular weight excluding hydrogens is 252 g/mol. The van der Waals surface area contributed by atoms with Crippen LogP contribution in [-0.2, 0) is 0 Å². The number of methoxy groups -OCH3 is 1. The van der Waals surface area contributed by atoms with Gasteiger partial charge in [0.05, 0.1) is 12.6 Å². The second-order valence-electron chi connectivity index (χ2n) is 4.63. The molecule has 0 aliphatic heterocycles. The Bertz CT molecular complexity index is 773. The van der Waals surface area contributed by atoms with E-state index >= 15 is 0 Å². The van der Waals surface area contributed by atoms with E-state index in [4.69, 9.17) is 4.74 Å². The summed E-state index contributed by atoms with van der Waals surface area (Å²) in [5.41, 5.74) is 3.32. The molecule has 3 aromatic rings. The fourth-order valence-corrected chi connectivity index (χ4v) is 2.24. The zero-order valence-electron chi connectivity index (χ0n) is 11.3. The van der Waals surface area contributed by atoms with E-state index in [9.17, 15) is 4.79 Å². The van der Waals surface area contributed by atoms with E-state index in [1.165, 1.54) is 0 Å². The van der Waals surface area contributed by atoms with Crippen LogP contribution in [0.2, 0.25) is 0 Å². The minimum atomic E-state index is 0.458.